The summed E-state index contributed by atoms with van der Waals surface area (Å²) in [7, 11) is 0. The first kappa shape index (κ1) is 11.2. The summed E-state index contributed by atoms with van der Waals surface area (Å²) in [5.41, 5.74) is 1.32. The fourth-order valence-corrected chi connectivity index (χ4v) is 2.38. The van der Waals surface area contributed by atoms with Gasteiger partial charge in [-0.05, 0) is 37.7 Å². The number of ether oxygens (including phenoxy) is 1. The van der Waals surface area contributed by atoms with E-state index in [0.717, 1.165) is 38.3 Å². The highest BCUT2D eigenvalue weighted by atomic mass is 16.5. The zero-order chi connectivity index (χ0) is 11.5. The van der Waals surface area contributed by atoms with Crippen LogP contribution in [0.5, 0.6) is 0 Å². The third kappa shape index (κ3) is 3.07. The second-order valence-electron chi connectivity index (χ2n) is 5.22. The van der Waals surface area contributed by atoms with Gasteiger partial charge in [-0.3, -0.25) is 4.68 Å². The van der Waals surface area contributed by atoms with Gasteiger partial charge >= 0.3 is 0 Å². The second kappa shape index (κ2) is 5.19. The van der Waals surface area contributed by atoms with E-state index >= 15 is 0 Å². The van der Waals surface area contributed by atoms with E-state index in [1.165, 1.54) is 31.4 Å². The standard InChI is InChI=1S/C13H21N3O/c1-2-12(1)14-9-13-3-6-15-16(13)10-11-4-7-17-8-5-11/h3,6,11-12,14H,1-2,4-5,7-10H2. The Bertz CT molecular complexity index is 353. The third-order valence-corrected chi connectivity index (χ3v) is 3.73. The van der Waals surface area contributed by atoms with E-state index in [1.54, 1.807) is 0 Å². The van der Waals surface area contributed by atoms with Crippen LogP contribution in [0.3, 0.4) is 0 Å². The Morgan fingerprint density at radius 3 is 2.88 bits per heavy atom. The van der Waals surface area contributed by atoms with Crippen LogP contribution in [0, 0.1) is 5.92 Å². The summed E-state index contributed by atoms with van der Waals surface area (Å²) >= 11 is 0. The molecule has 2 aliphatic rings. The zero-order valence-corrected chi connectivity index (χ0v) is 10.3. The molecule has 1 N–H and O–H groups in total. The molecule has 4 nitrogen and oxygen atoms in total. The minimum Gasteiger partial charge on any atom is -0.381 e. The molecule has 0 atom stereocenters. The van der Waals surface area contributed by atoms with Crippen molar-refractivity contribution in [1.29, 1.82) is 0 Å². The molecule has 1 saturated carbocycles. The van der Waals surface area contributed by atoms with Crippen molar-refractivity contribution < 1.29 is 4.74 Å². The molecule has 2 heterocycles. The lowest BCUT2D eigenvalue weighted by molar-refractivity contribution is 0.0598. The molecule has 1 aromatic rings. The maximum Gasteiger partial charge on any atom is 0.0522 e. The van der Waals surface area contributed by atoms with E-state index < -0.39 is 0 Å². The molecule has 1 aliphatic heterocycles. The minimum atomic E-state index is 0.739. The Hall–Kier alpha value is -0.870. The molecule has 0 spiro atoms. The van der Waals surface area contributed by atoms with Crippen LogP contribution in [0.25, 0.3) is 0 Å². The summed E-state index contributed by atoms with van der Waals surface area (Å²) < 4.78 is 7.57. The van der Waals surface area contributed by atoms with Gasteiger partial charge in [0.15, 0.2) is 0 Å². The van der Waals surface area contributed by atoms with Crippen molar-refractivity contribution in [2.45, 2.75) is 44.8 Å². The normalized spacial score (nSPS) is 21.9. The lowest BCUT2D eigenvalue weighted by Crippen LogP contribution is -2.24. The molecule has 4 heteroatoms. The molecular weight excluding hydrogens is 214 g/mol. The highest BCUT2D eigenvalue weighted by molar-refractivity contribution is 5.01. The highest BCUT2D eigenvalue weighted by Crippen LogP contribution is 2.20. The SMILES string of the molecule is c1cc(CNC2CC2)n(CC2CCOCC2)n1. The summed E-state index contributed by atoms with van der Waals surface area (Å²) in [6.07, 6.45) is 6.95. The number of hydrogen-bond acceptors (Lipinski definition) is 3. The van der Waals surface area contributed by atoms with Gasteiger partial charge in [-0.15, -0.1) is 0 Å². The molecule has 0 radical (unpaired) electrons. The fourth-order valence-electron chi connectivity index (χ4n) is 2.38. The van der Waals surface area contributed by atoms with Gasteiger partial charge in [0.25, 0.3) is 0 Å². The molecule has 17 heavy (non-hydrogen) atoms. The molecule has 3 rings (SSSR count). The van der Waals surface area contributed by atoms with Gasteiger partial charge in [0.05, 0.1) is 5.69 Å². The number of hydrogen-bond donors (Lipinski definition) is 1. The first-order chi connectivity index (χ1) is 8.42. The summed E-state index contributed by atoms with van der Waals surface area (Å²) in [4.78, 5) is 0. The number of nitrogens with one attached hydrogen (secondary N) is 1. The summed E-state index contributed by atoms with van der Waals surface area (Å²) in [5.74, 6) is 0.739. The van der Waals surface area contributed by atoms with Gasteiger partial charge in [-0.25, -0.2) is 0 Å². The average molecular weight is 235 g/mol. The van der Waals surface area contributed by atoms with Gasteiger partial charge in [0, 0.05) is 38.5 Å². The van der Waals surface area contributed by atoms with Crippen molar-refractivity contribution in [3.63, 3.8) is 0 Å². The Morgan fingerprint density at radius 1 is 1.29 bits per heavy atom. The second-order valence-corrected chi connectivity index (χ2v) is 5.22. The number of aromatic nitrogens is 2. The highest BCUT2D eigenvalue weighted by Gasteiger charge is 2.21. The molecule has 94 valence electrons. The fraction of sp³-hybridized carbons (Fsp3) is 0.769. The van der Waals surface area contributed by atoms with Crippen LogP contribution < -0.4 is 5.32 Å². The monoisotopic (exact) mass is 235 g/mol. The van der Waals surface area contributed by atoms with E-state index in [0.29, 0.717) is 0 Å². The topological polar surface area (TPSA) is 39.1 Å². The van der Waals surface area contributed by atoms with Crippen molar-refractivity contribution >= 4 is 0 Å². The van der Waals surface area contributed by atoms with Gasteiger partial charge in [-0.2, -0.15) is 5.10 Å². The first-order valence-electron chi connectivity index (χ1n) is 6.73. The van der Waals surface area contributed by atoms with Gasteiger partial charge < -0.3 is 10.1 Å². The molecule has 1 aliphatic carbocycles. The molecular formula is C13H21N3O. The summed E-state index contributed by atoms with van der Waals surface area (Å²) in [6, 6.07) is 2.90. The Balaban J connectivity index is 1.55. The molecule has 0 amide bonds. The lowest BCUT2D eigenvalue weighted by Gasteiger charge is -2.22. The van der Waals surface area contributed by atoms with Crippen LogP contribution in [0.2, 0.25) is 0 Å². The molecule has 2 fully saturated rings. The van der Waals surface area contributed by atoms with E-state index in [-0.39, 0.29) is 0 Å². The predicted octanol–water partition coefficient (Wildman–Crippen LogP) is 1.56. The van der Waals surface area contributed by atoms with Crippen molar-refractivity contribution in [3.8, 4) is 0 Å². The molecule has 1 saturated heterocycles. The minimum absolute atomic E-state index is 0.739. The Kier molecular flexibility index (Phi) is 3.43. The van der Waals surface area contributed by atoms with Gasteiger partial charge in [0.1, 0.15) is 0 Å². The van der Waals surface area contributed by atoms with Gasteiger partial charge in [-0.1, -0.05) is 0 Å². The van der Waals surface area contributed by atoms with Crippen LogP contribution in [-0.2, 0) is 17.8 Å². The smallest absolute Gasteiger partial charge is 0.0522 e. The number of nitrogens with zero attached hydrogens (tertiary/aromatic N) is 2. The molecule has 1 aromatic heterocycles. The maximum absolute atomic E-state index is 5.39. The molecule has 0 bridgehead atoms. The molecule has 0 aromatic carbocycles. The Morgan fingerprint density at radius 2 is 2.12 bits per heavy atom. The van der Waals surface area contributed by atoms with Gasteiger partial charge in [0.2, 0.25) is 0 Å². The van der Waals surface area contributed by atoms with E-state index in [2.05, 4.69) is 21.2 Å². The van der Waals surface area contributed by atoms with Crippen LogP contribution in [0.15, 0.2) is 12.3 Å². The van der Waals surface area contributed by atoms with E-state index in [1.807, 2.05) is 6.20 Å². The van der Waals surface area contributed by atoms with Crippen LogP contribution in [0.1, 0.15) is 31.4 Å². The largest absolute Gasteiger partial charge is 0.381 e. The van der Waals surface area contributed by atoms with Crippen molar-refractivity contribution in [2.24, 2.45) is 5.92 Å². The predicted molar refractivity (Wildman–Crippen MR) is 65.6 cm³/mol. The van der Waals surface area contributed by atoms with E-state index in [9.17, 15) is 0 Å². The summed E-state index contributed by atoms with van der Waals surface area (Å²) in [6.45, 7) is 3.86. The molecule has 0 unspecified atom stereocenters. The third-order valence-electron chi connectivity index (χ3n) is 3.73. The van der Waals surface area contributed by atoms with Crippen molar-refractivity contribution in [3.05, 3.63) is 18.0 Å². The van der Waals surface area contributed by atoms with Crippen LogP contribution in [-0.4, -0.2) is 29.0 Å². The van der Waals surface area contributed by atoms with Crippen molar-refractivity contribution in [1.82, 2.24) is 15.1 Å². The maximum atomic E-state index is 5.39. The van der Waals surface area contributed by atoms with Crippen LogP contribution >= 0.6 is 0 Å². The lowest BCUT2D eigenvalue weighted by atomic mass is 10.0. The zero-order valence-electron chi connectivity index (χ0n) is 10.3. The Labute approximate surface area is 102 Å². The first-order valence-corrected chi connectivity index (χ1v) is 6.73. The van der Waals surface area contributed by atoms with Crippen LogP contribution in [0.4, 0.5) is 0 Å². The van der Waals surface area contributed by atoms with Crippen molar-refractivity contribution in [2.75, 3.05) is 13.2 Å². The summed E-state index contributed by atoms with van der Waals surface area (Å²) in [5, 5.41) is 8.00. The number of rotatable bonds is 5. The van der Waals surface area contributed by atoms with E-state index in [4.69, 9.17) is 4.74 Å². The average Bonchev–Trinajstić information content (AvgIpc) is 3.09. The quantitative estimate of drug-likeness (QED) is 0.842.